The summed E-state index contributed by atoms with van der Waals surface area (Å²) >= 11 is 0. The summed E-state index contributed by atoms with van der Waals surface area (Å²) in [6.45, 7) is 6.25. The Morgan fingerprint density at radius 2 is 2.20 bits per heavy atom. The predicted molar refractivity (Wildman–Crippen MR) is 73.6 cm³/mol. The maximum atomic E-state index is 12.8. The van der Waals surface area contributed by atoms with Gasteiger partial charge in [-0.25, -0.2) is 0 Å². The van der Waals surface area contributed by atoms with Crippen LogP contribution in [-0.2, 0) is 19.0 Å². The molecular formula is C15H25NO4. The summed E-state index contributed by atoms with van der Waals surface area (Å²) in [5.74, 6) is 0.485. The van der Waals surface area contributed by atoms with Gasteiger partial charge in [0.1, 0.15) is 5.78 Å². The van der Waals surface area contributed by atoms with Crippen molar-refractivity contribution in [3.8, 4) is 0 Å². The lowest BCUT2D eigenvalue weighted by molar-refractivity contribution is -0.141. The van der Waals surface area contributed by atoms with Crippen LogP contribution < -0.4 is 5.32 Å². The third-order valence-corrected chi connectivity index (χ3v) is 4.87. The number of carbonyl (C=O) groups is 1. The van der Waals surface area contributed by atoms with Gasteiger partial charge in [0.15, 0.2) is 0 Å². The Kier molecular flexibility index (Phi) is 4.40. The molecule has 1 N–H and O–H groups in total. The van der Waals surface area contributed by atoms with Gasteiger partial charge >= 0.3 is 0 Å². The zero-order chi connectivity index (χ0) is 14.0. The topological polar surface area (TPSA) is 56.8 Å². The lowest BCUT2D eigenvalue weighted by atomic mass is 9.78. The molecule has 1 spiro atoms. The first-order valence-corrected chi connectivity index (χ1v) is 7.81. The summed E-state index contributed by atoms with van der Waals surface area (Å²) in [4.78, 5) is 12.8. The van der Waals surface area contributed by atoms with E-state index < -0.39 is 0 Å². The van der Waals surface area contributed by atoms with Gasteiger partial charge in [-0.2, -0.15) is 0 Å². The van der Waals surface area contributed by atoms with Crippen molar-refractivity contribution in [2.24, 2.45) is 11.8 Å². The molecule has 0 amide bonds. The van der Waals surface area contributed by atoms with Gasteiger partial charge in [0, 0.05) is 31.6 Å². The van der Waals surface area contributed by atoms with Crippen molar-refractivity contribution in [2.45, 2.75) is 37.8 Å². The summed E-state index contributed by atoms with van der Waals surface area (Å²) in [7, 11) is 0. The van der Waals surface area contributed by atoms with Gasteiger partial charge in [-0.15, -0.1) is 0 Å². The molecule has 5 heteroatoms. The molecular weight excluding hydrogens is 258 g/mol. The van der Waals surface area contributed by atoms with Crippen LogP contribution in [0.1, 0.15) is 26.2 Å². The van der Waals surface area contributed by atoms with Crippen molar-refractivity contribution >= 4 is 5.78 Å². The van der Waals surface area contributed by atoms with E-state index in [1.807, 2.05) is 0 Å². The van der Waals surface area contributed by atoms with E-state index >= 15 is 0 Å². The maximum Gasteiger partial charge on any atom is 0.143 e. The molecule has 3 heterocycles. The Labute approximate surface area is 120 Å². The second-order valence-electron chi connectivity index (χ2n) is 6.23. The summed E-state index contributed by atoms with van der Waals surface area (Å²) in [5, 5.41) is 3.37. The van der Waals surface area contributed by atoms with Crippen molar-refractivity contribution in [1.82, 2.24) is 5.32 Å². The number of likely N-dealkylation sites (N-methyl/N-ethyl adjacent to an activating group) is 1. The number of carbonyl (C=O) groups excluding carboxylic acids is 1. The minimum absolute atomic E-state index is 0.0115. The molecule has 5 nitrogen and oxygen atoms in total. The molecule has 4 unspecified atom stereocenters. The molecule has 20 heavy (non-hydrogen) atoms. The van der Waals surface area contributed by atoms with E-state index in [0.29, 0.717) is 32.2 Å². The van der Waals surface area contributed by atoms with Gasteiger partial charge in [0.05, 0.1) is 31.3 Å². The van der Waals surface area contributed by atoms with E-state index in [0.717, 1.165) is 32.4 Å². The number of ketones is 1. The lowest BCUT2D eigenvalue weighted by Gasteiger charge is -2.37. The Bertz CT molecular complexity index is 354. The van der Waals surface area contributed by atoms with Gasteiger partial charge in [0.2, 0.25) is 0 Å². The Balaban J connectivity index is 1.64. The molecule has 0 aromatic rings. The predicted octanol–water partition coefficient (Wildman–Crippen LogP) is 0.766. The number of ether oxygens (including phenoxy) is 3. The normalized spacial score (nSPS) is 41.4. The average Bonchev–Trinajstić information content (AvgIpc) is 3.09. The first-order valence-electron chi connectivity index (χ1n) is 7.81. The number of Topliss-reactive ketones (excluding diaryl/α,β-unsaturated/α-hetero) is 1. The second kappa shape index (κ2) is 6.10. The van der Waals surface area contributed by atoms with Crippen LogP contribution in [0.2, 0.25) is 0 Å². The van der Waals surface area contributed by atoms with Crippen LogP contribution in [0.25, 0.3) is 0 Å². The molecule has 3 fully saturated rings. The summed E-state index contributed by atoms with van der Waals surface area (Å²) in [5.41, 5.74) is -0.189. The summed E-state index contributed by atoms with van der Waals surface area (Å²) < 4.78 is 16.9. The third kappa shape index (κ3) is 2.77. The number of rotatable bonds is 4. The van der Waals surface area contributed by atoms with E-state index in [4.69, 9.17) is 14.2 Å². The Morgan fingerprint density at radius 3 is 2.95 bits per heavy atom. The van der Waals surface area contributed by atoms with E-state index in [1.54, 1.807) is 0 Å². The van der Waals surface area contributed by atoms with Crippen molar-refractivity contribution in [2.75, 3.05) is 39.6 Å². The zero-order valence-corrected chi connectivity index (χ0v) is 12.2. The highest BCUT2D eigenvalue weighted by Gasteiger charge is 2.45. The SMILES string of the molecule is CCNC1COCC1C(=O)C1CCOC2(CCOC2)C1. The molecule has 0 aromatic carbocycles. The molecule has 0 radical (unpaired) electrons. The zero-order valence-electron chi connectivity index (χ0n) is 12.2. The molecule has 0 aromatic heterocycles. The maximum absolute atomic E-state index is 12.8. The standard InChI is InChI=1S/C15H25NO4/c1-2-16-13-9-19-8-12(13)14(17)11-3-5-20-15(7-11)4-6-18-10-15/h11-13,16H,2-10H2,1H3. The largest absolute Gasteiger partial charge is 0.379 e. The van der Waals surface area contributed by atoms with E-state index in [9.17, 15) is 4.79 Å². The van der Waals surface area contributed by atoms with E-state index in [-0.39, 0.29) is 23.5 Å². The second-order valence-corrected chi connectivity index (χ2v) is 6.23. The third-order valence-electron chi connectivity index (χ3n) is 4.87. The average molecular weight is 283 g/mol. The highest BCUT2D eigenvalue weighted by atomic mass is 16.6. The molecule has 3 aliphatic rings. The monoisotopic (exact) mass is 283 g/mol. The molecule has 4 atom stereocenters. The minimum Gasteiger partial charge on any atom is -0.379 e. The van der Waals surface area contributed by atoms with Crippen LogP contribution in [0.3, 0.4) is 0 Å². The quantitative estimate of drug-likeness (QED) is 0.826. The van der Waals surface area contributed by atoms with Gasteiger partial charge in [-0.05, 0) is 19.4 Å². The Morgan fingerprint density at radius 1 is 1.30 bits per heavy atom. The lowest BCUT2D eigenvalue weighted by Crippen LogP contribution is -2.47. The van der Waals surface area contributed by atoms with Crippen LogP contribution in [0.5, 0.6) is 0 Å². The van der Waals surface area contributed by atoms with Crippen LogP contribution >= 0.6 is 0 Å². The number of nitrogens with one attached hydrogen (secondary N) is 1. The smallest absolute Gasteiger partial charge is 0.143 e. The highest BCUT2D eigenvalue weighted by molar-refractivity contribution is 5.84. The Hall–Kier alpha value is -0.490. The number of hydrogen-bond acceptors (Lipinski definition) is 5. The van der Waals surface area contributed by atoms with Crippen LogP contribution in [-0.4, -0.2) is 57.0 Å². The minimum atomic E-state index is -0.189. The first-order chi connectivity index (χ1) is 9.74. The fraction of sp³-hybridized carbons (Fsp3) is 0.933. The summed E-state index contributed by atoms with van der Waals surface area (Å²) in [6, 6.07) is 0.186. The fourth-order valence-electron chi connectivity index (χ4n) is 3.73. The molecule has 0 saturated carbocycles. The van der Waals surface area contributed by atoms with E-state index in [1.165, 1.54) is 0 Å². The van der Waals surface area contributed by atoms with Gasteiger partial charge in [-0.1, -0.05) is 6.92 Å². The van der Waals surface area contributed by atoms with Crippen LogP contribution in [0.4, 0.5) is 0 Å². The van der Waals surface area contributed by atoms with Crippen LogP contribution in [0, 0.1) is 11.8 Å². The van der Waals surface area contributed by atoms with Crippen molar-refractivity contribution in [3.63, 3.8) is 0 Å². The molecule has 3 saturated heterocycles. The molecule has 0 aliphatic carbocycles. The molecule has 114 valence electrons. The van der Waals surface area contributed by atoms with E-state index in [2.05, 4.69) is 12.2 Å². The fourth-order valence-corrected chi connectivity index (χ4v) is 3.73. The van der Waals surface area contributed by atoms with Crippen molar-refractivity contribution in [1.29, 1.82) is 0 Å². The van der Waals surface area contributed by atoms with Gasteiger partial charge < -0.3 is 19.5 Å². The molecule has 3 aliphatic heterocycles. The van der Waals surface area contributed by atoms with Gasteiger partial charge in [0.25, 0.3) is 0 Å². The highest BCUT2D eigenvalue weighted by Crippen LogP contribution is 2.37. The molecule has 3 rings (SSSR count). The van der Waals surface area contributed by atoms with Crippen molar-refractivity contribution in [3.05, 3.63) is 0 Å². The first kappa shape index (κ1) is 14.4. The van der Waals surface area contributed by atoms with Crippen molar-refractivity contribution < 1.29 is 19.0 Å². The number of hydrogen-bond donors (Lipinski definition) is 1. The van der Waals surface area contributed by atoms with Crippen LogP contribution in [0.15, 0.2) is 0 Å². The van der Waals surface area contributed by atoms with Gasteiger partial charge in [-0.3, -0.25) is 4.79 Å². The molecule has 0 bridgehead atoms. The summed E-state index contributed by atoms with van der Waals surface area (Å²) in [6.07, 6.45) is 2.59.